The summed E-state index contributed by atoms with van der Waals surface area (Å²) in [6.07, 6.45) is 5.87. The monoisotopic (exact) mass is 612 g/mol. The fourth-order valence-electron chi connectivity index (χ4n) is 4.76. The lowest BCUT2D eigenvalue weighted by Crippen LogP contribution is -2.54. The number of hydrogen-bond donors (Lipinski definition) is 5. The van der Waals surface area contributed by atoms with Crippen LogP contribution in [0.2, 0.25) is 0 Å². The number of amides is 7. The average molecular weight is 613 g/mol. The van der Waals surface area contributed by atoms with Crippen molar-refractivity contribution in [2.45, 2.75) is 91.6 Å². The molecule has 0 saturated heterocycles. The molecule has 1 heterocycles. The summed E-state index contributed by atoms with van der Waals surface area (Å²) in [6.45, 7) is 10.6. The van der Waals surface area contributed by atoms with Crippen LogP contribution >= 0.6 is 0 Å². The average Bonchev–Trinajstić information content (AvgIpc) is 3.25. The van der Waals surface area contributed by atoms with Gasteiger partial charge in [0.25, 0.3) is 11.8 Å². The third-order valence-corrected chi connectivity index (χ3v) is 7.01. The van der Waals surface area contributed by atoms with Gasteiger partial charge in [-0.3, -0.25) is 28.9 Å². The smallest absolute Gasteiger partial charge is 0.312 e. The first-order chi connectivity index (χ1) is 20.7. The van der Waals surface area contributed by atoms with E-state index in [2.05, 4.69) is 42.0 Å². The number of nitrogens with zero attached hydrogens (tertiary/aromatic N) is 1. The van der Waals surface area contributed by atoms with Gasteiger partial charge in [0.2, 0.25) is 17.7 Å². The molecule has 2 atom stereocenters. The Labute approximate surface area is 259 Å². The van der Waals surface area contributed by atoms with Crippen molar-refractivity contribution >= 4 is 41.3 Å². The fourth-order valence-corrected chi connectivity index (χ4v) is 4.76. The van der Waals surface area contributed by atoms with E-state index in [4.69, 9.17) is 5.73 Å². The molecule has 2 rings (SSSR count). The summed E-state index contributed by atoms with van der Waals surface area (Å²) in [5.41, 5.74) is 6.99. The lowest BCUT2D eigenvalue weighted by molar-refractivity contribution is -0.137. The van der Waals surface area contributed by atoms with Crippen molar-refractivity contribution in [3.05, 3.63) is 42.0 Å². The molecule has 44 heavy (non-hydrogen) atoms. The molecule has 12 nitrogen and oxygen atoms in total. The van der Waals surface area contributed by atoms with Crippen LogP contribution in [0.3, 0.4) is 0 Å². The van der Waals surface area contributed by atoms with Gasteiger partial charge in [-0.15, -0.1) is 0 Å². The molecule has 7 amide bonds. The Bertz CT molecular complexity index is 1190. The van der Waals surface area contributed by atoms with Crippen LogP contribution in [0.1, 0.15) is 78.7 Å². The topological polar surface area (TPSA) is 180 Å². The quantitative estimate of drug-likeness (QED) is 0.133. The number of carbonyl (C=O) groups excluding carboxylic acids is 6. The molecule has 0 fully saturated rings. The van der Waals surface area contributed by atoms with Gasteiger partial charge in [0.1, 0.15) is 12.1 Å². The second-order valence-electron chi connectivity index (χ2n) is 12.7. The fraction of sp³-hybridized carbons (Fsp3) is 0.562. The summed E-state index contributed by atoms with van der Waals surface area (Å²) in [5.74, 6) is -2.13. The molecule has 1 aromatic rings. The molecular weight excluding hydrogens is 564 g/mol. The van der Waals surface area contributed by atoms with Crippen molar-refractivity contribution in [3.63, 3.8) is 0 Å². The number of anilines is 1. The van der Waals surface area contributed by atoms with Crippen molar-refractivity contribution in [1.29, 1.82) is 0 Å². The number of nitrogens with two attached hydrogens (primary N) is 1. The third-order valence-electron chi connectivity index (χ3n) is 7.01. The maximum absolute atomic E-state index is 13.3. The Morgan fingerprint density at radius 2 is 1.50 bits per heavy atom. The summed E-state index contributed by atoms with van der Waals surface area (Å²) in [4.78, 5) is 74.8. The van der Waals surface area contributed by atoms with E-state index in [9.17, 15) is 28.8 Å². The molecule has 0 radical (unpaired) electrons. The summed E-state index contributed by atoms with van der Waals surface area (Å²) >= 11 is 0. The first-order valence-electron chi connectivity index (χ1n) is 15.2. The lowest BCUT2D eigenvalue weighted by atomic mass is 9.88. The van der Waals surface area contributed by atoms with Crippen LogP contribution in [0.25, 0.3) is 0 Å². The van der Waals surface area contributed by atoms with E-state index in [1.165, 1.54) is 12.2 Å². The minimum Gasteiger partial charge on any atom is -0.352 e. The van der Waals surface area contributed by atoms with Crippen LogP contribution in [0, 0.1) is 11.3 Å². The summed E-state index contributed by atoms with van der Waals surface area (Å²) < 4.78 is 0. The lowest BCUT2D eigenvalue weighted by Gasteiger charge is -2.25. The number of carbonyl (C=O) groups is 6. The molecule has 0 aliphatic carbocycles. The first kappa shape index (κ1) is 36.0. The maximum atomic E-state index is 13.3. The molecule has 1 aromatic carbocycles. The van der Waals surface area contributed by atoms with Crippen molar-refractivity contribution in [1.82, 2.24) is 20.9 Å². The third kappa shape index (κ3) is 13.0. The maximum Gasteiger partial charge on any atom is 0.312 e. The van der Waals surface area contributed by atoms with E-state index in [1.807, 2.05) is 24.3 Å². The first-order valence-corrected chi connectivity index (χ1v) is 15.2. The predicted octanol–water partition coefficient (Wildman–Crippen LogP) is 2.77. The van der Waals surface area contributed by atoms with E-state index < -0.39 is 29.9 Å². The van der Waals surface area contributed by atoms with E-state index in [0.29, 0.717) is 37.9 Å². The second kappa shape index (κ2) is 17.2. The number of benzene rings is 1. The standard InChI is InChI=1S/C32H48N6O6/c1-21(2)28(37-25(39)11-7-6-8-19-38-26(40)16-17-27(38)41)30(43)36-24(10-9-18-34-31(33)44)29(42)35-23-14-12-22(13-15-23)20-32(3,4)5/h12-17,21,24,28H,6-11,18-20H2,1-5H3,(H,35,42)(H,36,43)(H,37,39)(H3,33,34,44)/t24-,28-/m0/s1. The van der Waals surface area contributed by atoms with Crippen LogP contribution in [0.15, 0.2) is 36.4 Å². The van der Waals surface area contributed by atoms with Crippen LogP contribution in [0.4, 0.5) is 10.5 Å². The highest BCUT2D eigenvalue weighted by molar-refractivity contribution is 6.12. The number of hydrogen-bond acceptors (Lipinski definition) is 6. The number of unbranched alkanes of at least 4 members (excludes halogenated alkanes) is 2. The van der Waals surface area contributed by atoms with Gasteiger partial charge < -0.3 is 27.0 Å². The number of primary amides is 1. The van der Waals surface area contributed by atoms with E-state index in [0.717, 1.165) is 16.9 Å². The minimum atomic E-state index is -0.921. The Morgan fingerprint density at radius 1 is 0.864 bits per heavy atom. The van der Waals surface area contributed by atoms with Gasteiger partial charge in [-0.2, -0.15) is 0 Å². The molecular formula is C32H48N6O6. The molecule has 0 spiro atoms. The SMILES string of the molecule is CC(C)[C@H](NC(=O)CCCCCN1C(=O)C=CC1=O)C(=O)N[C@@H](CCCNC(N)=O)C(=O)Nc1ccc(CC(C)(C)C)cc1. The predicted molar refractivity (Wildman–Crippen MR) is 168 cm³/mol. The highest BCUT2D eigenvalue weighted by atomic mass is 16.2. The summed E-state index contributed by atoms with van der Waals surface area (Å²) in [5, 5.41) is 10.9. The van der Waals surface area contributed by atoms with Crippen molar-refractivity contribution in [3.8, 4) is 0 Å². The van der Waals surface area contributed by atoms with Gasteiger partial charge in [-0.1, -0.05) is 53.2 Å². The molecule has 1 aliphatic rings. The molecule has 242 valence electrons. The zero-order valence-corrected chi connectivity index (χ0v) is 26.5. The Morgan fingerprint density at radius 3 is 2.07 bits per heavy atom. The van der Waals surface area contributed by atoms with Crippen molar-refractivity contribution < 1.29 is 28.8 Å². The van der Waals surface area contributed by atoms with Gasteiger partial charge in [0.15, 0.2) is 0 Å². The highest BCUT2D eigenvalue weighted by Crippen LogP contribution is 2.22. The van der Waals surface area contributed by atoms with Crippen LogP contribution < -0.4 is 27.0 Å². The molecule has 1 aliphatic heterocycles. The van der Waals surface area contributed by atoms with Crippen LogP contribution in [-0.4, -0.2) is 65.6 Å². The molecule has 0 unspecified atom stereocenters. The van der Waals surface area contributed by atoms with Gasteiger partial charge >= 0.3 is 6.03 Å². The minimum absolute atomic E-state index is 0.121. The number of imide groups is 1. The Balaban J connectivity index is 1.95. The molecule has 12 heteroatoms. The zero-order chi connectivity index (χ0) is 32.9. The van der Waals surface area contributed by atoms with Gasteiger partial charge in [-0.25, -0.2) is 4.79 Å². The van der Waals surface area contributed by atoms with Gasteiger partial charge in [0, 0.05) is 37.3 Å². The number of urea groups is 1. The molecule has 0 aromatic heterocycles. The molecule has 6 N–H and O–H groups in total. The molecule has 0 saturated carbocycles. The van der Waals surface area contributed by atoms with Crippen molar-refractivity contribution in [2.75, 3.05) is 18.4 Å². The van der Waals surface area contributed by atoms with Gasteiger partial charge in [-0.05, 0) is 61.1 Å². The zero-order valence-electron chi connectivity index (χ0n) is 26.5. The number of nitrogens with one attached hydrogen (secondary N) is 4. The van der Waals surface area contributed by atoms with E-state index >= 15 is 0 Å². The number of rotatable bonds is 17. The van der Waals surface area contributed by atoms with E-state index in [-0.39, 0.29) is 48.4 Å². The van der Waals surface area contributed by atoms with Crippen LogP contribution in [-0.2, 0) is 30.4 Å². The second-order valence-corrected chi connectivity index (χ2v) is 12.7. The molecule has 0 bridgehead atoms. The summed E-state index contributed by atoms with van der Waals surface area (Å²) in [6, 6.07) is 5.08. The Hall–Kier alpha value is -4.22. The normalized spacial score (nSPS) is 14.4. The van der Waals surface area contributed by atoms with Crippen molar-refractivity contribution in [2.24, 2.45) is 17.1 Å². The Kier molecular flexibility index (Phi) is 14.0. The summed E-state index contributed by atoms with van der Waals surface area (Å²) in [7, 11) is 0. The van der Waals surface area contributed by atoms with Crippen LogP contribution in [0.5, 0.6) is 0 Å². The largest absolute Gasteiger partial charge is 0.352 e. The van der Waals surface area contributed by atoms with E-state index in [1.54, 1.807) is 13.8 Å². The highest BCUT2D eigenvalue weighted by Gasteiger charge is 2.29. The van der Waals surface area contributed by atoms with Gasteiger partial charge in [0.05, 0.1) is 0 Å².